The number of likely N-dealkylation sites (tertiary alicyclic amines) is 1. The van der Waals surface area contributed by atoms with Crippen LogP contribution in [0.2, 0.25) is 5.15 Å². The number of aliphatic hydroxyl groups is 1. The normalized spacial score (nSPS) is 16.1. The van der Waals surface area contributed by atoms with Crippen molar-refractivity contribution in [2.45, 2.75) is 19.4 Å². The third-order valence-corrected chi connectivity index (χ3v) is 4.44. The first-order valence-electron chi connectivity index (χ1n) is 7.08. The van der Waals surface area contributed by atoms with Crippen LogP contribution in [-0.2, 0) is 5.60 Å². The van der Waals surface area contributed by atoms with Gasteiger partial charge in [-0.25, -0.2) is 14.4 Å². The van der Waals surface area contributed by atoms with Crippen molar-refractivity contribution in [1.82, 2.24) is 14.9 Å². The second-order valence-electron chi connectivity index (χ2n) is 5.75. The molecule has 0 spiro atoms. The van der Waals surface area contributed by atoms with Crippen molar-refractivity contribution in [3.05, 3.63) is 57.9 Å². The molecule has 1 aliphatic rings. The Balaban J connectivity index is 1.78. The highest BCUT2D eigenvalue weighted by molar-refractivity contribution is 6.30. The molecule has 2 heterocycles. The molecule has 1 aromatic heterocycles. The first kappa shape index (κ1) is 15.8. The van der Waals surface area contributed by atoms with E-state index in [0.717, 1.165) is 5.56 Å². The van der Waals surface area contributed by atoms with Gasteiger partial charge in [0.2, 0.25) is 5.82 Å². The maximum Gasteiger partial charge on any atom is 0.291 e. The molecule has 1 aromatic carbocycles. The molecule has 5 nitrogen and oxygen atoms in total. The minimum atomic E-state index is -1.25. The molecule has 7 heteroatoms. The van der Waals surface area contributed by atoms with Crippen LogP contribution in [0.25, 0.3) is 0 Å². The van der Waals surface area contributed by atoms with E-state index in [1.165, 1.54) is 23.1 Å². The third kappa shape index (κ3) is 2.80. The van der Waals surface area contributed by atoms with Crippen LogP contribution < -0.4 is 0 Å². The maximum atomic E-state index is 13.3. The first-order valence-corrected chi connectivity index (χ1v) is 7.46. The lowest BCUT2D eigenvalue weighted by Gasteiger charge is -2.46. The first-order chi connectivity index (χ1) is 10.8. The van der Waals surface area contributed by atoms with Gasteiger partial charge in [-0.05, 0) is 31.5 Å². The van der Waals surface area contributed by atoms with E-state index < -0.39 is 17.3 Å². The van der Waals surface area contributed by atoms with Crippen LogP contribution in [0, 0.1) is 19.7 Å². The highest BCUT2D eigenvalue weighted by Gasteiger charge is 2.46. The average Bonchev–Trinajstić information content (AvgIpc) is 2.48. The number of β-amino-alcohol motifs (C(OH)–C–C–N with tert-alkyl or cyclic N) is 1. The molecule has 1 saturated heterocycles. The fourth-order valence-corrected chi connectivity index (χ4v) is 2.74. The van der Waals surface area contributed by atoms with Gasteiger partial charge in [0.1, 0.15) is 16.6 Å². The molecule has 1 amide bonds. The van der Waals surface area contributed by atoms with Crippen molar-refractivity contribution in [2.24, 2.45) is 0 Å². The second kappa shape index (κ2) is 5.54. The summed E-state index contributed by atoms with van der Waals surface area (Å²) in [6.07, 6.45) is 0. The fraction of sp³-hybridized carbons (Fsp3) is 0.312. The largest absolute Gasteiger partial charge is 0.381 e. The topological polar surface area (TPSA) is 66.3 Å². The zero-order valence-corrected chi connectivity index (χ0v) is 13.4. The lowest BCUT2D eigenvalue weighted by molar-refractivity contribution is -0.0868. The Morgan fingerprint density at radius 3 is 2.65 bits per heavy atom. The number of aryl methyl sites for hydroxylation is 1. The van der Waals surface area contributed by atoms with Gasteiger partial charge in [0.25, 0.3) is 5.91 Å². The Morgan fingerprint density at radius 2 is 2.04 bits per heavy atom. The van der Waals surface area contributed by atoms with E-state index in [1.807, 2.05) is 0 Å². The molecule has 0 unspecified atom stereocenters. The number of amides is 1. The quantitative estimate of drug-likeness (QED) is 0.855. The van der Waals surface area contributed by atoms with Crippen LogP contribution in [0.15, 0.2) is 24.3 Å². The predicted molar refractivity (Wildman–Crippen MR) is 82.7 cm³/mol. The monoisotopic (exact) mass is 335 g/mol. The van der Waals surface area contributed by atoms with Crippen molar-refractivity contribution < 1.29 is 14.3 Å². The smallest absolute Gasteiger partial charge is 0.291 e. The number of aromatic nitrogens is 2. The number of nitrogens with zero attached hydrogens (tertiary/aromatic N) is 3. The Hall–Kier alpha value is -2.05. The third-order valence-electron chi connectivity index (χ3n) is 4.08. The Morgan fingerprint density at radius 1 is 1.35 bits per heavy atom. The minimum absolute atomic E-state index is 0.000563. The lowest BCUT2D eigenvalue weighted by atomic mass is 9.86. The van der Waals surface area contributed by atoms with E-state index in [-0.39, 0.29) is 24.1 Å². The summed E-state index contributed by atoms with van der Waals surface area (Å²) in [6.45, 7) is 3.64. The SMILES string of the molecule is Cc1nc(C(=O)N2CC(O)(c3cccc(F)c3)C2)nc(Cl)c1C. The van der Waals surface area contributed by atoms with Gasteiger partial charge in [0.15, 0.2) is 0 Å². The summed E-state index contributed by atoms with van der Waals surface area (Å²) in [5.41, 5.74) is 0.555. The van der Waals surface area contributed by atoms with Gasteiger partial charge in [0.05, 0.1) is 13.1 Å². The van der Waals surface area contributed by atoms with Crippen LogP contribution in [0.5, 0.6) is 0 Å². The minimum Gasteiger partial charge on any atom is -0.381 e. The molecule has 0 atom stereocenters. The second-order valence-corrected chi connectivity index (χ2v) is 6.11. The zero-order valence-electron chi connectivity index (χ0n) is 12.7. The predicted octanol–water partition coefficient (Wildman–Crippen LogP) is 2.23. The summed E-state index contributed by atoms with van der Waals surface area (Å²) in [5.74, 6) is -0.833. The Kier molecular flexibility index (Phi) is 3.82. The summed E-state index contributed by atoms with van der Waals surface area (Å²) < 4.78 is 13.3. The van der Waals surface area contributed by atoms with Gasteiger partial charge in [-0.1, -0.05) is 23.7 Å². The van der Waals surface area contributed by atoms with E-state index >= 15 is 0 Å². The van der Waals surface area contributed by atoms with Gasteiger partial charge >= 0.3 is 0 Å². The zero-order chi connectivity index (χ0) is 16.8. The molecule has 0 aliphatic carbocycles. The number of carbonyl (C=O) groups excluding carboxylic acids is 1. The molecule has 1 N–H and O–H groups in total. The number of benzene rings is 1. The molecule has 1 fully saturated rings. The Labute approximate surface area is 137 Å². The summed E-state index contributed by atoms with van der Waals surface area (Å²) in [6, 6.07) is 5.73. The molecular formula is C16H15ClFN3O2. The molecule has 0 bridgehead atoms. The Bertz CT molecular complexity index is 768. The van der Waals surface area contributed by atoms with Gasteiger partial charge in [-0.15, -0.1) is 0 Å². The molecule has 2 aromatic rings. The van der Waals surface area contributed by atoms with Gasteiger partial charge in [0, 0.05) is 11.3 Å². The number of rotatable bonds is 2. The average molecular weight is 336 g/mol. The molecule has 1 aliphatic heterocycles. The van der Waals surface area contributed by atoms with Gasteiger partial charge in [-0.3, -0.25) is 4.79 Å². The highest BCUT2D eigenvalue weighted by atomic mass is 35.5. The summed E-state index contributed by atoms with van der Waals surface area (Å²) in [4.78, 5) is 21.9. The highest BCUT2D eigenvalue weighted by Crippen LogP contribution is 2.33. The molecule has 0 radical (unpaired) electrons. The van der Waals surface area contributed by atoms with E-state index in [1.54, 1.807) is 19.9 Å². The van der Waals surface area contributed by atoms with Gasteiger partial charge < -0.3 is 10.0 Å². The van der Waals surface area contributed by atoms with E-state index in [0.29, 0.717) is 11.3 Å². The fourth-order valence-electron chi connectivity index (χ4n) is 2.52. The number of halogens is 2. The summed E-state index contributed by atoms with van der Waals surface area (Å²) in [7, 11) is 0. The van der Waals surface area contributed by atoms with Crippen LogP contribution in [0.4, 0.5) is 4.39 Å². The van der Waals surface area contributed by atoms with Crippen molar-refractivity contribution in [3.63, 3.8) is 0 Å². The van der Waals surface area contributed by atoms with Crippen molar-refractivity contribution in [3.8, 4) is 0 Å². The lowest BCUT2D eigenvalue weighted by Crippen LogP contribution is -2.61. The van der Waals surface area contributed by atoms with Crippen molar-refractivity contribution in [1.29, 1.82) is 0 Å². The molecule has 23 heavy (non-hydrogen) atoms. The van der Waals surface area contributed by atoms with Crippen LogP contribution in [-0.4, -0.2) is 39.0 Å². The van der Waals surface area contributed by atoms with E-state index in [2.05, 4.69) is 9.97 Å². The van der Waals surface area contributed by atoms with Crippen LogP contribution in [0.3, 0.4) is 0 Å². The van der Waals surface area contributed by atoms with E-state index in [4.69, 9.17) is 11.6 Å². The molecule has 0 saturated carbocycles. The van der Waals surface area contributed by atoms with Gasteiger partial charge in [-0.2, -0.15) is 0 Å². The van der Waals surface area contributed by atoms with Crippen LogP contribution in [0.1, 0.15) is 27.4 Å². The summed E-state index contributed by atoms with van der Waals surface area (Å²) >= 11 is 5.99. The van der Waals surface area contributed by atoms with Crippen molar-refractivity contribution >= 4 is 17.5 Å². The summed E-state index contributed by atoms with van der Waals surface area (Å²) in [5, 5.41) is 10.7. The number of hydrogen-bond acceptors (Lipinski definition) is 4. The molecule has 120 valence electrons. The number of carbonyl (C=O) groups is 1. The molecule has 3 rings (SSSR count). The van der Waals surface area contributed by atoms with Crippen LogP contribution >= 0.6 is 11.6 Å². The molecular weight excluding hydrogens is 321 g/mol. The number of hydrogen-bond donors (Lipinski definition) is 1. The van der Waals surface area contributed by atoms with Crippen molar-refractivity contribution in [2.75, 3.05) is 13.1 Å². The maximum absolute atomic E-state index is 13.3. The standard InChI is InChI=1S/C16H15ClFN3O2/c1-9-10(2)19-14(20-13(9)17)15(22)21-7-16(23,8-21)11-4-3-5-12(18)6-11/h3-6,23H,7-8H2,1-2H3. The van der Waals surface area contributed by atoms with E-state index in [9.17, 15) is 14.3 Å².